The summed E-state index contributed by atoms with van der Waals surface area (Å²) in [6.45, 7) is 1.96. The molecule has 0 aliphatic rings. The maximum Gasteiger partial charge on any atom is 0.198 e. The van der Waals surface area contributed by atoms with E-state index in [9.17, 15) is 0 Å². The molecule has 0 unspecified atom stereocenters. The molecule has 0 radical (unpaired) electrons. The van der Waals surface area contributed by atoms with Gasteiger partial charge in [-0.1, -0.05) is 11.6 Å². The normalized spacial score (nSPS) is 10.4. The van der Waals surface area contributed by atoms with E-state index in [4.69, 9.17) is 11.6 Å². The smallest absolute Gasteiger partial charge is 0.198 e. The molecule has 82 valence electrons. The Balaban J connectivity index is 1.99. The van der Waals surface area contributed by atoms with Crippen molar-refractivity contribution in [3.8, 4) is 0 Å². The molecule has 16 heavy (non-hydrogen) atoms. The van der Waals surface area contributed by atoms with Gasteiger partial charge in [-0.3, -0.25) is 0 Å². The lowest BCUT2D eigenvalue weighted by atomic mass is 10.4. The number of rotatable bonds is 3. The average molecular weight is 269 g/mol. The molecule has 0 amide bonds. The van der Waals surface area contributed by atoms with Crippen molar-refractivity contribution in [1.82, 2.24) is 9.97 Å². The van der Waals surface area contributed by atoms with Crippen molar-refractivity contribution in [3.05, 3.63) is 47.2 Å². The van der Waals surface area contributed by atoms with Crippen LogP contribution in [0.15, 0.2) is 46.6 Å². The van der Waals surface area contributed by atoms with Crippen LogP contribution in [0, 0.1) is 6.92 Å². The molecule has 0 saturated heterocycles. The van der Waals surface area contributed by atoms with Crippen LogP contribution < -0.4 is 0 Å². The minimum absolute atomic E-state index is 0.751. The molecule has 5 heteroatoms. The fraction of sp³-hybridized carbons (Fsp3) is 0.0909. The van der Waals surface area contributed by atoms with Crippen molar-refractivity contribution in [2.45, 2.75) is 17.0 Å². The summed E-state index contributed by atoms with van der Waals surface area (Å²) in [5.41, 5.74) is 0.981. The molecule has 2 rings (SSSR count). The molecule has 0 fully saturated rings. The second kappa shape index (κ2) is 5.57. The fourth-order valence-electron chi connectivity index (χ4n) is 1.04. The lowest BCUT2D eigenvalue weighted by Crippen LogP contribution is -1.85. The molecule has 1 aromatic heterocycles. The van der Waals surface area contributed by atoms with E-state index < -0.39 is 0 Å². The predicted octanol–water partition coefficient (Wildman–Crippen LogP) is 4.24. The van der Waals surface area contributed by atoms with E-state index in [-0.39, 0.29) is 0 Å². The predicted molar refractivity (Wildman–Crippen MR) is 69.9 cm³/mol. The Morgan fingerprint density at radius 2 is 1.81 bits per heavy atom. The average Bonchev–Trinajstić information content (AvgIpc) is 2.28. The van der Waals surface area contributed by atoms with Crippen LogP contribution in [0.3, 0.4) is 0 Å². The number of halogens is 1. The molecule has 0 bridgehead atoms. The third-order valence-electron chi connectivity index (χ3n) is 1.80. The largest absolute Gasteiger partial charge is 0.230 e. The summed E-state index contributed by atoms with van der Waals surface area (Å²) in [5, 5.41) is 1.53. The second-order valence-electron chi connectivity index (χ2n) is 3.10. The summed E-state index contributed by atoms with van der Waals surface area (Å²) in [6.07, 6.45) is 1.77. The van der Waals surface area contributed by atoms with Gasteiger partial charge in [-0.25, -0.2) is 9.97 Å². The highest BCUT2D eigenvalue weighted by atomic mass is 35.5. The first kappa shape index (κ1) is 11.8. The monoisotopic (exact) mass is 268 g/mol. The standard InChI is InChI=1S/C11H9ClN2S2/c1-8-6-7-13-11(14-8)16-15-10-4-2-9(12)3-5-10/h2-7H,1H3. The van der Waals surface area contributed by atoms with Gasteiger partial charge < -0.3 is 0 Å². The summed E-state index contributed by atoms with van der Waals surface area (Å²) in [7, 11) is 3.17. The second-order valence-corrected chi connectivity index (χ2v) is 5.71. The van der Waals surface area contributed by atoms with Crippen molar-refractivity contribution in [2.24, 2.45) is 0 Å². The first-order chi connectivity index (χ1) is 7.74. The summed E-state index contributed by atoms with van der Waals surface area (Å²) >= 11 is 5.81. The topological polar surface area (TPSA) is 25.8 Å². The SMILES string of the molecule is Cc1ccnc(SSc2ccc(Cl)cc2)n1. The summed E-state index contributed by atoms with van der Waals surface area (Å²) in [6, 6.07) is 9.60. The highest BCUT2D eigenvalue weighted by Gasteiger charge is 2.00. The Hall–Kier alpha value is -0.710. The van der Waals surface area contributed by atoms with Gasteiger partial charge in [0.2, 0.25) is 0 Å². The van der Waals surface area contributed by atoms with E-state index in [2.05, 4.69) is 9.97 Å². The Labute approximate surface area is 107 Å². The maximum atomic E-state index is 5.81. The lowest BCUT2D eigenvalue weighted by molar-refractivity contribution is 0.937. The third-order valence-corrected chi connectivity index (χ3v) is 4.22. The molecular formula is C11H9ClN2S2. The van der Waals surface area contributed by atoms with E-state index >= 15 is 0 Å². The molecule has 1 heterocycles. The molecule has 0 aliphatic heterocycles. The Morgan fingerprint density at radius 1 is 1.06 bits per heavy atom. The highest BCUT2D eigenvalue weighted by Crippen LogP contribution is 2.35. The van der Waals surface area contributed by atoms with Gasteiger partial charge in [-0.15, -0.1) is 0 Å². The molecule has 0 spiro atoms. The van der Waals surface area contributed by atoms with Crippen LogP contribution in [-0.4, -0.2) is 9.97 Å². The number of hydrogen-bond donors (Lipinski definition) is 0. The number of nitrogens with zero attached hydrogens (tertiary/aromatic N) is 2. The van der Waals surface area contributed by atoms with E-state index in [1.54, 1.807) is 27.8 Å². The van der Waals surface area contributed by atoms with Crippen LogP contribution in [0.4, 0.5) is 0 Å². The Bertz CT molecular complexity index is 474. The molecule has 0 atom stereocenters. The van der Waals surface area contributed by atoms with Crippen molar-refractivity contribution >= 4 is 33.2 Å². The van der Waals surface area contributed by atoms with Gasteiger partial charge in [0.05, 0.1) is 0 Å². The number of benzene rings is 1. The first-order valence-electron chi connectivity index (χ1n) is 4.64. The van der Waals surface area contributed by atoms with Crippen LogP contribution in [0.25, 0.3) is 0 Å². The minimum Gasteiger partial charge on any atom is -0.230 e. The van der Waals surface area contributed by atoms with Crippen molar-refractivity contribution in [1.29, 1.82) is 0 Å². The minimum atomic E-state index is 0.751. The van der Waals surface area contributed by atoms with Crippen LogP contribution in [0.1, 0.15) is 5.69 Å². The van der Waals surface area contributed by atoms with E-state index in [0.29, 0.717) is 0 Å². The van der Waals surface area contributed by atoms with Crippen LogP contribution in [0.5, 0.6) is 0 Å². The summed E-state index contributed by atoms with van der Waals surface area (Å²) < 4.78 is 0. The summed E-state index contributed by atoms with van der Waals surface area (Å²) in [4.78, 5) is 9.63. The van der Waals surface area contributed by atoms with Gasteiger partial charge in [0.1, 0.15) is 0 Å². The first-order valence-corrected chi connectivity index (χ1v) is 7.16. The van der Waals surface area contributed by atoms with Gasteiger partial charge in [0, 0.05) is 21.8 Å². The van der Waals surface area contributed by atoms with Crippen molar-refractivity contribution < 1.29 is 0 Å². The highest BCUT2D eigenvalue weighted by molar-refractivity contribution is 8.76. The number of aromatic nitrogens is 2. The van der Waals surface area contributed by atoms with Gasteiger partial charge in [0.25, 0.3) is 0 Å². The van der Waals surface area contributed by atoms with E-state index in [1.165, 1.54) is 0 Å². The molecule has 0 N–H and O–H groups in total. The number of hydrogen-bond acceptors (Lipinski definition) is 4. The van der Waals surface area contributed by atoms with Crippen LogP contribution in [0.2, 0.25) is 5.02 Å². The van der Waals surface area contributed by atoms with Gasteiger partial charge in [0.15, 0.2) is 5.16 Å². The molecule has 1 aromatic carbocycles. The molecular weight excluding hydrogens is 260 g/mol. The van der Waals surface area contributed by atoms with E-state index in [0.717, 1.165) is 20.8 Å². The van der Waals surface area contributed by atoms with Gasteiger partial charge >= 0.3 is 0 Å². The Morgan fingerprint density at radius 3 is 2.50 bits per heavy atom. The third kappa shape index (κ3) is 3.40. The number of aryl methyl sites for hydroxylation is 1. The zero-order chi connectivity index (χ0) is 11.4. The van der Waals surface area contributed by atoms with Crippen molar-refractivity contribution in [3.63, 3.8) is 0 Å². The van der Waals surface area contributed by atoms with Crippen molar-refractivity contribution in [2.75, 3.05) is 0 Å². The molecule has 0 saturated carbocycles. The Kier molecular flexibility index (Phi) is 4.09. The van der Waals surface area contributed by atoms with Crippen LogP contribution >= 0.6 is 33.2 Å². The lowest BCUT2D eigenvalue weighted by Gasteiger charge is -2.00. The van der Waals surface area contributed by atoms with Gasteiger partial charge in [-0.2, -0.15) is 0 Å². The summed E-state index contributed by atoms with van der Waals surface area (Å²) in [5.74, 6) is 0. The van der Waals surface area contributed by atoms with Gasteiger partial charge in [-0.05, 0) is 58.8 Å². The molecule has 2 aromatic rings. The maximum absolute atomic E-state index is 5.81. The van der Waals surface area contributed by atoms with E-state index in [1.807, 2.05) is 37.3 Å². The zero-order valence-corrected chi connectivity index (χ0v) is 10.9. The van der Waals surface area contributed by atoms with Crippen LogP contribution in [-0.2, 0) is 0 Å². The zero-order valence-electron chi connectivity index (χ0n) is 8.55. The molecule has 0 aliphatic carbocycles. The quantitative estimate of drug-likeness (QED) is 0.614. The molecule has 2 nitrogen and oxygen atoms in total. The fourth-order valence-corrected chi connectivity index (χ4v) is 2.96.